The molecular weight excluding hydrogens is 316 g/mol. The van der Waals surface area contributed by atoms with Crippen molar-refractivity contribution in [1.29, 1.82) is 0 Å². The molecule has 3 rings (SSSR count). The normalized spacial score (nSPS) is 15.9. The molecule has 1 fully saturated rings. The number of hydrogen-bond acceptors (Lipinski definition) is 4. The van der Waals surface area contributed by atoms with Crippen molar-refractivity contribution >= 4 is 5.78 Å². The van der Waals surface area contributed by atoms with E-state index in [4.69, 9.17) is 4.74 Å². The number of aromatic amines is 1. The lowest BCUT2D eigenvalue weighted by atomic mass is 9.89. The van der Waals surface area contributed by atoms with Crippen LogP contribution < -0.4 is 10.3 Å². The number of nitrogens with zero attached hydrogens (tertiary/aromatic N) is 1. The molecule has 1 aromatic heterocycles. The fraction of sp³-hybridized carbons (Fsp3) is 0.400. The fourth-order valence-corrected chi connectivity index (χ4v) is 3.42. The van der Waals surface area contributed by atoms with E-state index in [1.54, 1.807) is 13.3 Å². The molecule has 0 atom stereocenters. The molecule has 0 amide bonds. The van der Waals surface area contributed by atoms with Crippen LogP contribution >= 0.6 is 0 Å². The molecule has 0 radical (unpaired) electrons. The Labute approximate surface area is 147 Å². The lowest BCUT2D eigenvalue weighted by molar-refractivity contribution is 0.0922. The first-order chi connectivity index (χ1) is 12.2. The maximum atomic E-state index is 12.6. The smallest absolute Gasteiger partial charge is 0.252 e. The van der Waals surface area contributed by atoms with Crippen molar-refractivity contribution in [2.75, 3.05) is 20.2 Å². The summed E-state index contributed by atoms with van der Waals surface area (Å²) in [4.78, 5) is 29.4. The number of piperidine rings is 1. The van der Waals surface area contributed by atoms with Crippen LogP contribution in [0.15, 0.2) is 47.4 Å². The highest BCUT2D eigenvalue weighted by atomic mass is 16.5. The highest BCUT2D eigenvalue weighted by Gasteiger charge is 2.23. The van der Waals surface area contributed by atoms with Gasteiger partial charge in [0.15, 0.2) is 5.78 Å². The van der Waals surface area contributed by atoms with E-state index in [2.05, 4.69) is 9.88 Å². The SMILES string of the molecule is COc1ccccc1C(=O)CC1CCN(Cc2ccc[nH]c2=O)CC1. The van der Waals surface area contributed by atoms with Crippen molar-refractivity contribution in [3.8, 4) is 5.75 Å². The number of H-pyrrole nitrogens is 1. The summed E-state index contributed by atoms with van der Waals surface area (Å²) in [5.74, 6) is 1.19. The van der Waals surface area contributed by atoms with Gasteiger partial charge in [0.25, 0.3) is 5.56 Å². The molecule has 5 nitrogen and oxygen atoms in total. The number of likely N-dealkylation sites (tertiary alicyclic amines) is 1. The number of hydrogen-bond donors (Lipinski definition) is 1. The number of benzene rings is 1. The van der Waals surface area contributed by atoms with Crippen LogP contribution in [0.1, 0.15) is 35.2 Å². The summed E-state index contributed by atoms with van der Waals surface area (Å²) in [5.41, 5.74) is 1.45. The van der Waals surface area contributed by atoms with Gasteiger partial charge in [-0.25, -0.2) is 0 Å². The second kappa shape index (κ2) is 8.12. The number of methoxy groups -OCH3 is 1. The minimum Gasteiger partial charge on any atom is -0.496 e. The number of para-hydroxylation sites is 1. The number of pyridine rings is 1. The molecule has 2 heterocycles. The second-order valence-electron chi connectivity index (χ2n) is 6.57. The van der Waals surface area contributed by atoms with Gasteiger partial charge in [-0.05, 0) is 50.0 Å². The summed E-state index contributed by atoms with van der Waals surface area (Å²) < 4.78 is 5.29. The van der Waals surface area contributed by atoms with Crippen LogP contribution in [0.2, 0.25) is 0 Å². The number of Topliss-reactive ketones (excluding diaryl/α,β-unsaturated/α-hetero) is 1. The number of carbonyl (C=O) groups excluding carboxylic acids is 1. The molecule has 132 valence electrons. The van der Waals surface area contributed by atoms with Gasteiger partial charge in [0.2, 0.25) is 0 Å². The second-order valence-corrected chi connectivity index (χ2v) is 6.57. The summed E-state index contributed by atoms with van der Waals surface area (Å²) in [6.07, 6.45) is 4.17. The summed E-state index contributed by atoms with van der Waals surface area (Å²) in [7, 11) is 1.59. The first kappa shape index (κ1) is 17.4. The van der Waals surface area contributed by atoms with E-state index in [9.17, 15) is 9.59 Å². The molecule has 0 aliphatic carbocycles. The molecule has 0 bridgehead atoms. The number of rotatable bonds is 6. The fourth-order valence-electron chi connectivity index (χ4n) is 3.42. The minimum absolute atomic E-state index is 0.0176. The summed E-state index contributed by atoms with van der Waals surface area (Å²) in [6, 6.07) is 11.1. The monoisotopic (exact) mass is 340 g/mol. The molecule has 2 aromatic rings. The number of ketones is 1. The molecular formula is C20H24N2O3. The molecule has 1 aliphatic rings. The third-order valence-corrected chi connectivity index (χ3v) is 4.88. The zero-order chi connectivity index (χ0) is 17.6. The van der Waals surface area contributed by atoms with Crippen LogP contribution in [0.3, 0.4) is 0 Å². The largest absolute Gasteiger partial charge is 0.496 e. The zero-order valence-corrected chi connectivity index (χ0v) is 14.5. The van der Waals surface area contributed by atoms with E-state index in [1.807, 2.05) is 36.4 Å². The molecule has 25 heavy (non-hydrogen) atoms. The molecule has 0 spiro atoms. The van der Waals surface area contributed by atoms with Gasteiger partial charge in [0.1, 0.15) is 5.75 Å². The van der Waals surface area contributed by atoms with Crippen LogP contribution in [-0.4, -0.2) is 35.9 Å². The van der Waals surface area contributed by atoms with E-state index >= 15 is 0 Å². The first-order valence-corrected chi connectivity index (χ1v) is 8.72. The van der Waals surface area contributed by atoms with E-state index in [0.29, 0.717) is 30.2 Å². The lowest BCUT2D eigenvalue weighted by Gasteiger charge is -2.31. The Morgan fingerprint density at radius 1 is 1.20 bits per heavy atom. The standard InChI is InChI=1S/C20H24N2O3/c1-25-19-7-3-2-6-17(19)18(23)13-15-8-11-22(12-9-15)14-16-5-4-10-21-20(16)24/h2-7,10,15H,8-9,11-14H2,1H3,(H,21,24). The van der Waals surface area contributed by atoms with Crippen molar-refractivity contribution in [1.82, 2.24) is 9.88 Å². The number of aromatic nitrogens is 1. The van der Waals surface area contributed by atoms with Crippen molar-refractivity contribution in [2.24, 2.45) is 5.92 Å². The molecule has 1 aromatic carbocycles. The van der Waals surface area contributed by atoms with Crippen LogP contribution in [0.4, 0.5) is 0 Å². The van der Waals surface area contributed by atoms with Gasteiger partial charge in [0, 0.05) is 24.7 Å². The number of ether oxygens (including phenoxy) is 1. The van der Waals surface area contributed by atoms with Crippen LogP contribution in [0.5, 0.6) is 5.75 Å². The maximum absolute atomic E-state index is 12.6. The Kier molecular flexibility index (Phi) is 5.66. The maximum Gasteiger partial charge on any atom is 0.252 e. The van der Waals surface area contributed by atoms with E-state index in [0.717, 1.165) is 31.5 Å². The quantitative estimate of drug-likeness (QED) is 0.822. The van der Waals surface area contributed by atoms with Gasteiger partial charge < -0.3 is 9.72 Å². The number of nitrogens with one attached hydrogen (secondary N) is 1. The van der Waals surface area contributed by atoms with Crippen molar-refractivity contribution in [3.63, 3.8) is 0 Å². The van der Waals surface area contributed by atoms with Gasteiger partial charge in [-0.3, -0.25) is 14.5 Å². The van der Waals surface area contributed by atoms with Gasteiger partial charge in [-0.1, -0.05) is 18.2 Å². The minimum atomic E-state index is -0.0176. The average Bonchev–Trinajstić information content (AvgIpc) is 2.65. The Bertz CT molecular complexity index is 776. The number of carbonyl (C=O) groups is 1. The first-order valence-electron chi connectivity index (χ1n) is 8.72. The van der Waals surface area contributed by atoms with Gasteiger partial charge in [-0.15, -0.1) is 0 Å². The lowest BCUT2D eigenvalue weighted by Crippen LogP contribution is -2.35. The van der Waals surface area contributed by atoms with Crippen molar-refractivity contribution in [2.45, 2.75) is 25.8 Å². The van der Waals surface area contributed by atoms with Gasteiger partial charge in [-0.2, -0.15) is 0 Å². The molecule has 1 aliphatic heterocycles. The molecule has 0 saturated carbocycles. The Balaban J connectivity index is 1.53. The summed E-state index contributed by atoms with van der Waals surface area (Å²) >= 11 is 0. The van der Waals surface area contributed by atoms with Crippen molar-refractivity contribution < 1.29 is 9.53 Å². The third-order valence-electron chi connectivity index (χ3n) is 4.88. The molecule has 1 N–H and O–H groups in total. The Hall–Kier alpha value is -2.40. The van der Waals surface area contributed by atoms with Gasteiger partial charge >= 0.3 is 0 Å². The van der Waals surface area contributed by atoms with E-state index in [1.165, 1.54) is 0 Å². The van der Waals surface area contributed by atoms with E-state index in [-0.39, 0.29) is 11.3 Å². The predicted octanol–water partition coefficient (Wildman–Crippen LogP) is 2.87. The molecule has 1 saturated heterocycles. The highest BCUT2D eigenvalue weighted by molar-refractivity contribution is 5.98. The topological polar surface area (TPSA) is 62.4 Å². The van der Waals surface area contributed by atoms with Crippen molar-refractivity contribution in [3.05, 3.63) is 64.1 Å². The zero-order valence-electron chi connectivity index (χ0n) is 14.5. The van der Waals surface area contributed by atoms with Crippen LogP contribution in [0, 0.1) is 5.92 Å². The predicted molar refractivity (Wildman–Crippen MR) is 97.0 cm³/mol. The molecule has 0 unspecified atom stereocenters. The Morgan fingerprint density at radius 2 is 1.96 bits per heavy atom. The summed E-state index contributed by atoms with van der Waals surface area (Å²) in [6.45, 7) is 2.50. The Morgan fingerprint density at radius 3 is 2.68 bits per heavy atom. The van der Waals surface area contributed by atoms with Gasteiger partial charge in [0.05, 0.1) is 12.7 Å². The highest BCUT2D eigenvalue weighted by Crippen LogP contribution is 2.26. The van der Waals surface area contributed by atoms with Crippen LogP contribution in [0.25, 0.3) is 0 Å². The average molecular weight is 340 g/mol. The molecule has 5 heteroatoms. The third kappa shape index (κ3) is 4.37. The summed E-state index contributed by atoms with van der Waals surface area (Å²) in [5, 5.41) is 0. The van der Waals surface area contributed by atoms with E-state index < -0.39 is 0 Å². The van der Waals surface area contributed by atoms with Crippen LogP contribution in [-0.2, 0) is 6.54 Å².